The lowest BCUT2D eigenvalue weighted by molar-refractivity contribution is -0.124. The minimum atomic E-state index is -0.183. The lowest BCUT2D eigenvalue weighted by atomic mass is 10.0. The smallest absolute Gasteiger partial charge is 0.234 e. The topological polar surface area (TPSA) is 55.6 Å². The summed E-state index contributed by atoms with van der Waals surface area (Å²) in [5.74, 6) is -0.183. The number of carbonyl (C=O) groups excluding carboxylic acids is 1. The predicted molar refractivity (Wildman–Crippen MR) is 88.3 cm³/mol. The van der Waals surface area contributed by atoms with E-state index in [4.69, 9.17) is 10.5 Å². The van der Waals surface area contributed by atoms with Gasteiger partial charge in [-0.2, -0.15) is 0 Å². The second-order valence-corrected chi connectivity index (χ2v) is 6.09. The molecule has 4 nitrogen and oxygen atoms in total. The number of nitrogens with two attached hydrogens (primary N) is 1. The zero-order valence-corrected chi connectivity index (χ0v) is 13.5. The monoisotopic (exact) mass is 304 g/mol. The van der Waals surface area contributed by atoms with E-state index in [9.17, 15) is 4.79 Å². The van der Waals surface area contributed by atoms with Crippen LogP contribution < -0.4 is 5.73 Å². The average molecular weight is 304 g/mol. The molecule has 0 saturated carbocycles. The maximum atomic E-state index is 11.6. The van der Waals surface area contributed by atoms with Gasteiger partial charge in [-0.3, -0.25) is 9.69 Å². The third-order valence-electron chi connectivity index (χ3n) is 4.41. The predicted octanol–water partition coefficient (Wildman–Crippen LogP) is 2.71. The van der Waals surface area contributed by atoms with Crippen molar-refractivity contribution >= 4 is 5.91 Å². The number of ether oxygens (including phenoxy) is 1. The van der Waals surface area contributed by atoms with Crippen LogP contribution in [0, 0.1) is 0 Å². The van der Waals surface area contributed by atoms with Gasteiger partial charge < -0.3 is 10.5 Å². The summed E-state index contributed by atoms with van der Waals surface area (Å²) in [6.07, 6.45) is 5.27. The lowest BCUT2D eigenvalue weighted by Gasteiger charge is -2.36. The highest BCUT2D eigenvalue weighted by atomic mass is 16.5. The van der Waals surface area contributed by atoms with E-state index in [0.29, 0.717) is 6.61 Å². The highest BCUT2D eigenvalue weighted by Crippen LogP contribution is 2.19. The molecule has 0 spiro atoms. The molecule has 1 aromatic carbocycles. The molecule has 2 rings (SSSR count). The SMILES string of the molecule is CCCCC(C(N)=O)N1CCC(OCc2ccccc2)CC1. The molecule has 1 aliphatic heterocycles. The van der Waals surface area contributed by atoms with Crippen LogP contribution in [0.15, 0.2) is 30.3 Å². The summed E-state index contributed by atoms with van der Waals surface area (Å²) in [4.78, 5) is 13.9. The van der Waals surface area contributed by atoms with Crippen LogP contribution in [0.1, 0.15) is 44.6 Å². The average Bonchev–Trinajstić information content (AvgIpc) is 2.55. The standard InChI is InChI=1S/C18H28N2O2/c1-2-3-9-17(18(19)21)20-12-10-16(11-13-20)22-14-15-7-5-4-6-8-15/h4-8,16-17H,2-3,9-14H2,1H3,(H2,19,21). The molecule has 1 unspecified atom stereocenters. The molecule has 0 radical (unpaired) electrons. The first-order valence-corrected chi connectivity index (χ1v) is 8.39. The fourth-order valence-electron chi connectivity index (χ4n) is 3.04. The third kappa shape index (κ3) is 5.11. The Kier molecular flexibility index (Phi) is 6.87. The quantitative estimate of drug-likeness (QED) is 0.803. The number of hydrogen-bond donors (Lipinski definition) is 1. The van der Waals surface area contributed by atoms with E-state index < -0.39 is 0 Å². The summed E-state index contributed by atoms with van der Waals surface area (Å²) in [5.41, 5.74) is 6.78. The van der Waals surface area contributed by atoms with E-state index >= 15 is 0 Å². The second kappa shape index (κ2) is 8.91. The summed E-state index contributed by atoms with van der Waals surface area (Å²) in [6, 6.07) is 10.2. The zero-order valence-electron chi connectivity index (χ0n) is 13.5. The molecule has 0 bridgehead atoms. The molecule has 4 heteroatoms. The Morgan fingerprint density at radius 2 is 2.00 bits per heavy atom. The summed E-state index contributed by atoms with van der Waals surface area (Å²) in [7, 11) is 0. The van der Waals surface area contributed by atoms with Crippen LogP contribution in [0.3, 0.4) is 0 Å². The van der Waals surface area contributed by atoms with Gasteiger partial charge in [0, 0.05) is 13.1 Å². The molecule has 22 heavy (non-hydrogen) atoms. The van der Waals surface area contributed by atoms with Crippen molar-refractivity contribution in [2.75, 3.05) is 13.1 Å². The van der Waals surface area contributed by atoms with E-state index in [1.54, 1.807) is 0 Å². The van der Waals surface area contributed by atoms with Crippen LogP contribution >= 0.6 is 0 Å². The van der Waals surface area contributed by atoms with Gasteiger partial charge in [-0.15, -0.1) is 0 Å². The molecule has 1 atom stereocenters. The molecule has 122 valence electrons. The summed E-state index contributed by atoms with van der Waals surface area (Å²) < 4.78 is 6.00. The molecule has 1 aromatic rings. The van der Waals surface area contributed by atoms with Gasteiger partial charge in [-0.25, -0.2) is 0 Å². The number of primary amides is 1. The first-order valence-electron chi connectivity index (χ1n) is 8.39. The van der Waals surface area contributed by atoms with Gasteiger partial charge in [0.1, 0.15) is 0 Å². The third-order valence-corrected chi connectivity index (χ3v) is 4.41. The van der Waals surface area contributed by atoms with Crippen molar-refractivity contribution in [1.82, 2.24) is 4.90 Å². The van der Waals surface area contributed by atoms with Gasteiger partial charge in [0.15, 0.2) is 0 Å². The first kappa shape index (κ1) is 17.0. The molecule has 0 aliphatic carbocycles. The summed E-state index contributed by atoms with van der Waals surface area (Å²) >= 11 is 0. The van der Waals surface area contributed by atoms with Crippen LogP contribution in [0.5, 0.6) is 0 Å². The Labute approximate surface area is 133 Å². The molecule has 1 fully saturated rings. The van der Waals surface area contributed by atoms with Gasteiger partial charge in [0.2, 0.25) is 5.91 Å². The normalized spacial score (nSPS) is 18.2. The minimum Gasteiger partial charge on any atom is -0.373 e. The fourth-order valence-corrected chi connectivity index (χ4v) is 3.04. The largest absolute Gasteiger partial charge is 0.373 e. The van der Waals surface area contributed by atoms with Crippen LogP contribution in [0.4, 0.5) is 0 Å². The van der Waals surface area contributed by atoms with Crippen molar-refractivity contribution in [3.63, 3.8) is 0 Å². The highest BCUT2D eigenvalue weighted by Gasteiger charge is 2.28. The number of piperidine rings is 1. The van der Waals surface area contributed by atoms with Crippen molar-refractivity contribution in [2.45, 2.75) is 57.8 Å². The van der Waals surface area contributed by atoms with Crippen molar-refractivity contribution in [1.29, 1.82) is 0 Å². The Bertz CT molecular complexity index is 442. The summed E-state index contributed by atoms with van der Waals surface area (Å²) in [5, 5.41) is 0. The molecule has 1 aliphatic rings. The highest BCUT2D eigenvalue weighted by molar-refractivity contribution is 5.79. The number of carbonyl (C=O) groups is 1. The van der Waals surface area contributed by atoms with Crippen LogP contribution in [-0.2, 0) is 16.1 Å². The second-order valence-electron chi connectivity index (χ2n) is 6.09. The number of benzene rings is 1. The molecular formula is C18H28N2O2. The Morgan fingerprint density at radius 1 is 1.32 bits per heavy atom. The van der Waals surface area contributed by atoms with E-state index in [1.807, 2.05) is 18.2 Å². The van der Waals surface area contributed by atoms with Gasteiger partial charge in [0.25, 0.3) is 0 Å². The number of nitrogens with zero attached hydrogens (tertiary/aromatic N) is 1. The maximum Gasteiger partial charge on any atom is 0.234 e. The number of hydrogen-bond acceptors (Lipinski definition) is 3. The van der Waals surface area contributed by atoms with Crippen molar-refractivity contribution in [3.8, 4) is 0 Å². The van der Waals surface area contributed by atoms with Crippen LogP contribution in [0.25, 0.3) is 0 Å². The molecule has 1 saturated heterocycles. The molecule has 0 aromatic heterocycles. The Hall–Kier alpha value is -1.39. The van der Waals surface area contributed by atoms with Gasteiger partial charge in [-0.05, 0) is 24.8 Å². The molecule has 1 amide bonds. The maximum absolute atomic E-state index is 11.6. The van der Waals surface area contributed by atoms with E-state index in [2.05, 4.69) is 24.0 Å². The van der Waals surface area contributed by atoms with Crippen molar-refractivity contribution < 1.29 is 9.53 Å². The molecule has 1 heterocycles. The number of unbranched alkanes of at least 4 members (excludes halogenated alkanes) is 1. The Morgan fingerprint density at radius 3 is 2.59 bits per heavy atom. The molecular weight excluding hydrogens is 276 g/mol. The number of rotatable bonds is 8. The summed E-state index contributed by atoms with van der Waals surface area (Å²) in [6.45, 7) is 4.61. The van der Waals surface area contributed by atoms with Crippen molar-refractivity contribution in [2.24, 2.45) is 5.73 Å². The van der Waals surface area contributed by atoms with E-state index in [1.165, 1.54) is 5.56 Å². The van der Waals surface area contributed by atoms with Gasteiger partial charge >= 0.3 is 0 Å². The molecule has 2 N–H and O–H groups in total. The number of amides is 1. The Balaban J connectivity index is 1.75. The van der Waals surface area contributed by atoms with E-state index in [-0.39, 0.29) is 18.1 Å². The minimum absolute atomic E-state index is 0.102. The zero-order chi connectivity index (χ0) is 15.8. The lowest BCUT2D eigenvalue weighted by Crippen LogP contribution is -2.49. The fraction of sp³-hybridized carbons (Fsp3) is 0.611. The first-order chi connectivity index (χ1) is 10.7. The van der Waals surface area contributed by atoms with Crippen LogP contribution in [0.2, 0.25) is 0 Å². The van der Waals surface area contributed by atoms with Gasteiger partial charge in [0.05, 0.1) is 18.8 Å². The van der Waals surface area contributed by atoms with Crippen LogP contribution in [-0.4, -0.2) is 36.0 Å². The van der Waals surface area contributed by atoms with Gasteiger partial charge in [-0.1, -0.05) is 50.1 Å². The van der Waals surface area contributed by atoms with E-state index in [0.717, 1.165) is 45.2 Å². The van der Waals surface area contributed by atoms with Crippen molar-refractivity contribution in [3.05, 3.63) is 35.9 Å². The number of likely N-dealkylation sites (tertiary alicyclic amines) is 1.